The fraction of sp³-hybridized carbons (Fsp3) is 0.190. The fourth-order valence-corrected chi connectivity index (χ4v) is 3.00. The number of nitrogens with one attached hydrogen (secondary N) is 1. The number of ether oxygens (including phenoxy) is 2. The summed E-state index contributed by atoms with van der Waals surface area (Å²) in [6.45, 7) is 3.42. The van der Waals surface area contributed by atoms with Crippen molar-refractivity contribution in [3.05, 3.63) is 57.6 Å². The Bertz CT molecular complexity index is 995. The number of nitrogens with zero attached hydrogens (tertiary/aromatic N) is 1. The summed E-state index contributed by atoms with van der Waals surface area (Å²) in [5.74, 6) is -1.13. The van der Waals surface area contributed by atoms with Gasteiger partial charge in [-0.3, -0.25) is 4.79 Å². The average molecular weight is 459 g/mol. The molecule has 0 heterocycles. The molecule has 29 heavy (non-hydrogen) atoms. The van der Waals surface area contributed by atoms with Gasteiger partial charge in [0.05, 0.1) is 11.1 Å². The number of hydrogen-bond acceptors (Lipinski definition) is 5. The number of rotatable bonds is 8. The number of halogens is 1. The third-order valence-corrected chi connectivity index (χ3v) is 4.33. The first-order valence-electron chi connectivity index (χ1n) is 8.65. The molecule has 7 nitrogen and oxygen atoms in total. The number of para-hydroxylation sites is 1. The Labute approximate surface area is 176 Å². The number of aliphatic carboxylic acids is 1. The van der Waals surface area contributed by atoms with Crippen LogP contribution in [0, 0.1) is 18.3 Å². The highest BCUT2D eigenvalue weighted by Crippen LogP contribution is 2.37. The van der Waals surface area contributed by atoms with E-state index >= 15 is 0 Å². The molecule has 0 fully saturated rings. The van der Waals surface area contributed by atoms with Gasteiger partial charge in [0, 0.05) is 5.69 Å². The molecule has 0 atom stereocenters. The van der Waals surface area contributed by atoms with Crippen molar-refractivity contribution in [2.45, 2.75) is 13.8 Å². The lowest BCUT2D eigenvalue weighted by molar-refractivity contribution is -0.139. The molecule has 0 aliphatic rings. The molecule has 2 rings (SSSR count). The molecule has 0 spiro atoms. The average Bonchev–Trinajstić information content (AvgIpc) is 2.67. The van der Waals surface area contributed by atoms with Crippen LogP contribution in [0.4, 0.5) is 5.69 Å². The molecule has 2 aromatic rings. The Kier molecular flexibility index (Phi) is 7.80. The van der Waals surface area contributed by atoms with Crippen molar-refractivity contribution >= 4 is 39.6 Å². The van der Waals surface area contributed by atoms with Crippen molar-refractivity contribution in [1.82, 2.24) is 0 Å². The molecule has 0 unspecified atom stereocenters. The van der Waals surface area contributed by atoms with E-state index in [9.17, 15) is 14.9 Å². The van der Waals surface area contributed by atoms with Gasteiger partial charge in [-0.15, -0.1) is 0 Å². The Morgan fingerprint density at radius 3 is 2.62 bits per heavy atom. The van der Waals surface area contributed by atoms with Crippen LogP contribution in [0.1, 0.15) is 18.1 Å². The number of benzene rings is 2. The standard InChI is InChI=1S/C21H19BrN2O5/c1-3-28-18-10-14(9-16(22)20(18)29-12-19(25)26)8-15(11-23)21(27)24-17-7-5-4-6-13(17)2/h4-10H,3,12H2,1-2H3,(H,24,27)(H,25,26)/b15-8+. The zero-order chi connectivity index (χ0) is 21.4. The molecule has 0 radical (unpaired) electrons. The highest BCUT2D eigenvalue weighted by molar-refractivity contribution is 9.10. The second kappa shape index (κ2) is 10.3. The zero-order valence-corrected chi connectivity index (χ0v) is 17.4. The number of anilines is 1. The van der Waals surface area contributed by atoms with E-state index < -0.39 is 18.5 Å². The zero-order valence-electron chi connectivity index (χ0n) is 15.9. The fourth-order valence-electron chi connectivity index (χ4n) is 2.43. The van der Waals surface area contributed by atoms with Gasteiger partial charge in [0.25, 0.3) is 5.91 Å². The Hall–Kier alpha value is -3.31. The molecule has 0 aliphatic heterocycles. The molecule has 8 heteroatoms. The summed E-state index contributed by atoms with van der Waals surface area (Å²) in [6, 6.07) is 12.3. The van der Waals surface area contributed by atoms with E-state index in [1.165, 1.54) is 6.08 Å². The molecule has 0 aromatic heterocycles. The van der Waals surface area contributed by atoms with Crippen LogP contribution in [0.5, 0.6) is 11.5 Å². The minimum atomic E-state index is -1.12. The van der Waals surface area contributed by atoms with Crippen LogP contribution in [0.3, 0.4) is 0 Å². The van der Waals surface area contributed by atoms with Crippen LogP contribution in [0.25, 0.3) is 6.08 Å². The lowest BCUT2D eigenvalue weighted by Crippen LogP contribution is -2.14. The molecule has 2 N–H and O–H groups in total. The molecular formula is C21H19BrN2O5. The van der Waals surface area contributed by atoms with Gasteiger partial charge in [0.15, 0.2) is 18.1 Å². The minimum Gasteiger partial charge on any atom is -0.490 e. The summed E-state index contributed by atoms with van der Waals surface area (Å²) >= 11 is 3.32. The van der Waals surface area contributed by atoms with Gasteiger partial charge < -0.3 is 19.9 Å². The summed E-state index contributed by atoms with van der Waals surface area (Å²) in [7, 11) is 0. The highest BCUT2D eigenvalue weighted by Gasteiger charge is 2.15. The van der Waals surface area contributed by atoms with Gasteiger partial charge in [0.2, 0.25) is 0 Å². The monoisotopic (exact) mass is 458 g/mol. The first-order chi connectivity index (χ1) is 13.8. The second-order valence-corrected chi connectivity index (χ2v) is 6.74. The summed E-state index contributed by atoms with van der Waals surface area (Å²) in [5, 5.41) is 21.0. The van der Waals surface area contributed by atoms with E-state index in [2.05, 4.69) is 21.2 Å². The van der Waals surface area contributed by atoms with E-state index in [4.69, 9.17) is 14.6 Å². The van der Waals surface area contributed by atoms with Gasteiger partial charge in [-0.25, -0.2) is 4.79 Å². The topological polar surface area (TPSA) is 109 Å². The quantitative estimate of drug-likeness (QED) is 0.453. The van der Waals surface area contributed by atoms with Crippen LogP contribution in [-0.2, 0) is 9.59 Å². The van der Waals surface area contributed by atoms with Crippen LogP contribution >= 0.6 is 15.9 Å². The van der Waals surface area contributed by atoms with Crippen molar-refractivity contribution in [3.8, 4) is 17.6 Å². The number of hydrogen-bond donors (Lipinski definition) is 2. The van der Waals surface area contributed by atoms with Crippen LogP contribution < -0.4 is 14.8 Å². The Balaban J connectivity index is 2.34. The van der Waals surface area contributed by atoms with Gasteiger partial charge in [-0.05, 0) is 65.2 Å². The maximum absolute atomic E-state index is 12.5. The second-order valence-electron chi connectivity index (χ2n) is 5.88. The predicted octanol–water partition coefficient (Wildman–Crippen LogP) is 4.17. The molecule has 0 saturated heterocycles. The number of amides is 1. The maximum Gasteiger partial charge on any atom is 0.341 e. The lowest BCUT2D eigenvalue weighted by atomic mass is 10.1. The van der Waals surface area contributed by atoms with E-state index in [0.29, 0.717) is 28.1 Å². The van der Waals surface area contributed by atoms with Crippen molar-refractivity contribution in [2.24, 2.45) is 0 Å². The number of carbonyl (C=O) groups is 2. The van der Waals surface area contributed by atoms with Gasteiger partial charge in [-0.2, -0.15) is 5.26 Å². The Morgan fingerprint density at radius 1 is 1.28 bits per heavy atom. The van der Waals surface area contributed by atoms with Crippen molar-refractivity contribution in [1.29, 1.82) is 5.26 Å². The first-order valence-corrected chi connectivity index (χ1v) is 9.44. The van der Waals surface area contributed by atoms with Gasteiger partial charge in [0.1, 0.15) is 11.6 Å². The molecule has 150 valence electrons. The van der Waals surface area contributed by atoms with Crippen LogP contribution in [0.2, 0.25) is 0 Å². The summed E-state index contributed by atoms with van der Waals surface area (Å²) in [6.07, 6.45) is 1.42. The highest BCUT2D eigenvalue weighted by atomic mass is 79.9. The molecule has 0 saturated carbocycles. The number of aryl methyl sites for hydroxylation is 1. The SMILES string of the molecule is CCOc1cc(/C=C(\C#N)C(=O)Nc2ccccc2C)cc(Br)c1OCC(=O)O. The summed E-state index contributed by atoms with van der Waals surface area (Å²) in [4.78, 5) is 23.3. The minimum absolute atomic E-state index is 0.0956. The van der Waals surface area contributed by atoms with Gasteiger partial charge in [-0.1, -0.05) is 18.2 Å². The van der Waals surface area contributed by atoms with Crippen molar-refractivity contribution in [2.75, 3.05) is 18.5 Å². The first kappa shape index (κ1) is 22.0. The summed E-state index contributed by atoms with van der Waals surface area (Å²) in [5.41, 5.74) is 1.91. The lowest BCUT2D eigenvalue weighted by Gasteiger charge is -2.14. The van der Waals surface area contributed by atoms with Crippen LogP contribution in [0.15, 0.2) is 46.4 Å². The molecule has 0 aliphatic carbocycles. The van der Waals surface area contributed by atoms with E-state index in [0.717, 1.165) is 5.56 Å². The Morgan fingerprint density at radius 2 is 2.00 bits per heavy atom. The van der Waals surface area contributed by atoms with Crippen molar-refractivity contribution in [3.63, 3.8) is 0 Å². The predicted molar refractivity (Wildman–Crippen MR) is 112 cm³/mol. The molecule has 0 bridgehead atoms. The maximum atomic E-state index is 12.5. The van der Waals surface area contributed by atoms with E-state index in [1.807, 2.05) is 25.1 Å². The number of carboxylic acid groups (broad SMARTS) is 1. The largest absolute Gasteiger partial charge is 0.490 e. The normalized spacial score (nSPS) is 10.8. The third-order valence-electron chi connectivity index (χ3n) is 3.74. The summed E-state index contributed by atoms with van der Waals surface area (Å²) < 4.78 is 11.2. The third kappa shape index (κ3) is 6.09. The molecule has 2 aromatic carbocycles. The van der Waals surface area contributed by atoms with E-state index in [-0.39, 0.29) is 11.3 Å². The van der Waals surface area contributed by atoms with Crippen molar-refractivity contribution < 1.29 is 24.2 Å². The molecular weight excluding hydrogens is 440 g/mol. The van der Waals surface area contributed by atoms with E-state index in [1.54, 1.807) is 31.2 Å². The number of carbonyl (C=O) groups excluding carboxylic acids is 1. The van der Waals surface area contributed by atoms with Gasteiger partial charge >= 0.3 is 5.97 Å². The van der Waals surface area contributed by atoms with Crippen LogP contribution in [-0.4, -0.2) is 30.2 Å². The number of nitriles is 1. The smallest absolute Gasteiger partial charge is 0.341 e. The molecule has 1 amide bonds. The number of carboxylic acids is 1.